The molecule has 3 aliphatic heterocycles. The van der Waals surface area contributed by atoms with Crippen molar-refractivity contribution in [1.82, 2.24) is 19.7 Å². The van der Waals surface area contributed by atoms with E-state index >= 15 is 0 Å². The number of hydrogen-bond donors (Lipinski definition) is 0. The van der Waals surface area contributed by atoms with Gasteiger partial charge in [-0.15, -0.1) is 0 Å². The Morgan fingerprint density at radius 1 is 1.05 bits per heavy atom. The zero-order chi connectivity index (χ0) is 27.4. The van der Waals surface area contributed by atoms with Gasteiger partial charge in [0.05, 0.1) is 6.54 Å². The number of piperidine rings is 2. The number of unbranched alkanes of at least 4 members (excludes halogenated alkanes) is 1. The van der Waals surface area contributed by atoms with Gasteiger partial charge in [0.1, 0.15) is 5.60 Å². The maximum absolute atomic E-state index is 13.3. The van der Waals surface area contributed by atoms with E-state index in [2.05, 4.69) is 16.8 Å². The summed E-state index contributed by atoms with van der Waals surface area (Å²) in [6, 6.07) is 10.5. The molecule has 1 atom stereocenters. The molecule has 7 heteroatoms. The minimum atomic E-state index is -0.354. The Hall–Kier alpha value is -2.93. The van der Waals surface area contributed by atoms with E-state index in [0.29, 0.717) is 18.5 Å². The lowest BCUT2D eigenvalue weighted by Crippen LogP contribution is -2.61. The van der Waals surface area contributed by atoms with Crippen molar-refractivity contribution in [2.24, 2.45) is 5.92 Å². The summed E-state index contributed by atoms with van der Waals surface area (Å²) in [5.41, 5.74) is 3.67. The smallest absolute Gasteiger partial charge is 0.410 e. The highest BCUT2D eigenvalue weighted by Crippen LogP contribution is 2.42. The summed E-state index contributed by atoms with van der Waals surface area (Å²) >= 11 is 0. The molecule has 5 rings (SSSR count). The van der Waals surface area contributed by atoms with Crippen LogP contribution in [-0.4, -0.2) is 76.1 Å². The molecule has 0 radical (unpaired) electrons. The predicted octanol–water partition coefficient (Wildman–Crippen LogP) is 5.60. The molecule has 0 aliphatic carbocycles. The third kappa shape index (κ3) is 5.98. The number of aromatic nitrogens is 1. The van der Waals surface area contributed by atoms with E-state index in [0.717, 1.165) is 99.9 Å². The number of rotatable bonds is 7. The molecule has 1 aromatic heterocycles. The van der Waals surface area contributed by atoms with Crippen molar-refractivity contribution in [3.8, 4) is 0 Å². The van der Waals surface area contributed by atoms with Gasteiger partial charge in [0.15, 0.2) is 0 Å². The van der Waals surface area contributed by atoms with Crippen LogP contribution in [0.2, 0.25) is 0 Å². The molecule has 0 saturated carbocycles. The highest BCUT2D eigenvalue weighted by molar-refractivity contribution is 5.97. The predicted molar refractivity (Wildman–Crippen MR) is 153 cm³/mol. The van der Waals surface area contributed by atoms with Gasteiger partial charge in [-0.25, -0.2) is 4.79 Å². The number of pyridine rings is 1. The lowest BCUT2D eigenvalue weighted by Gasteiger charge is -2.52. The Balaban J connectivity index is 1.18. The van der Waals surface area contributed by atoms with Crippen LogP contribution in [0.4, 0.5) is 4.79 Å². The Kier molecular flexibility index (Phi) is 8.55. The Bertz CT molecular complexity index is 1120. The van der Waals surface area contributed by atoms with Crippen LogP contribution >= 0.6 is 0 Å². The topological polar surface area (TPSA) is 66.0 Å². The molecule has 0 N–H and O–H groups in total. The van der Waals surface area contributed by atoms with Crippen molar-refractivity contribution < 1.29 is 14.3 Å². The van der Waals surface area contributed by atoms with Crippen LogP contribution in [0.25, 0.3) is 0 Å². The SMILES string of the molecule is CCCCC1CN(Cc2cccnc2)C(=O)OC12CCN(C1CCN(C(=O)c3c(C)cccc3C)CC1)CC2. The number of aryl methyl sites for hydroxylation is 2. The van der Waals surface area contributed by atoms with Crippen LogP contribution < -0.4 is 0 Å². The number of carbonyl (C=O) groups excluding carboxylic acids is 2. The fourth-order valence-electron chi connectivity index (χ4n) is 7.00. The number of likely N-dealkylation sites (tertiary alicyclic amines) is 2. The van der Waals surface area contributed by atoms with Gasteiger partial charge in [0, 0.05) is 75.5 Å². The standard InChI is InChI=1S/C32H44N4O3/c1-4-5-11-27-23-36(22-26-10-7-16-33-21-26)31(38)39-32(27)14-19-34(20-15-32)28-12-17-35(18-13-28)30(37)29-24(2)8-6-9-25(29)3/h6-10,16,21,27-28H,4-5,11-15,17-20,22-23H2,1-3H3. The van der Waals surface area contributed by atoms with Gasteiger partial charge < -0.3 is 14.5 Å². The average molecular weight is 533 g/mol. The fraction of sp³-hybridized carbons (Fsp3) is 0.594. The van der Waals surface area contributed by atoms with E-state index in [1.54, 1.807) is 6.20 Å². The van der Waals surface area contributed by atoms with Crippen molar-refractivity contribution in [2.75, 3.05) is 32.7 Å². The Morgan fingerprint density at radius 3 is 2.41 bits per heavy atom. The molecule has 4 heterocycles. The second-order valence-electron chi connectivity index (χ2n) is 11.8. The molecule has 1 aromatic carbocycles. The molecule has 0 bridgehead atoms. The van der Waals surface area contributed by atoms with Crippen molar-refractivity contribution in [2.45, 2.75) is 83.9 Å². The second-order valence-corrected chi connectivity index (χ2v) is 11.8. The third-order valence-electron chi connectivity index (χ3n) is 9.34. The quantitative estimate of drug-likeness (QED) is 0.465. The Labute approximate surface area is 233 Å². The highest BCUT2D eigenvalue weighted by atomic mass is 16.6. The van der Waals surface area contributed by atoms with Gasteiger partial charge in [-0.05, 0) is 55.9 Å². The van der Waals surface area contributed by atoms with E-state index < -0.39 is 0 Å². The molecule has 2 aromatic rings. The second kappa shape index (κ2) is 12.1. The zero-order valence-corrected chi connectivity index (χ0v) is 23.9. The number of amides is 2. The maximum Gasteiger partial charge on any atom is 0.410 e. The number of benzene rings is 1. The lowest BCUT2D eigenvalue weighted by molar-refractivity contribution is -0.127. The number of nitrogens with zero attached hydrogens (tertiary/aromatic N) is 4. The van der Waals surface area contributed by atoms with E-state index in [-0.39, 0.29) is 17.6 Å². The van der Waals surface area contributed by atoms with Crippen LogP contribution in [0.3, 0.4) is 0 Å². The summed E-state index contributed by atoms with van der Waals surface area (Å²) < 4.78 is 6.35. The van der Waals surface area contributed by atoms with E-state index in [9.17, 15) is 9.59 Å². The zero-order valence-electron chi connectivity index (χ0n) is 23.9. The summed E-state index contributed by atoms with van der Waals surface area (Å²) in [5.74, 6) is 0.524. The van der Waals surface area contributed by atoms with Crippen molar-refractivity contribution in [1.29, 1.82) is 0 Å². The molecule has 1 spiro atoms. The molecule has 3 fully saturated rings. The molecule has 210 valence electrons. The summed E-state index contributed by atoms with van der Waals surface area (Å²) in [6.07, 6.45) is 10.6. The van der Waals surface area contributed by atoms with Gasteiger partial charge in [-0.2, -0.15) is 0 Å². The molecule has 2 amide bonds. The van der Waals surface area contributed by atoms with Crippen molar-refractivity contribution in [3.63, 3.8) is 0 Å². The average Bonchev–Trinajstić information content (AvgIpc) is 2.95. The summed E-state index contributed by atoms with van der Waals surface area (Å²) in [7, 11) is 0. The number of ether oxygens (including phenoxy) is 1. The van der Waals surface area contributed by atoms with Crippen molar-refractivity contribution >= 4 is 12.0 Å². The number of carbonyl (C=O) groups is 2. The summed E-state index contributed by atoms with van der Waals surface area (Å²) in [5, 5.41) is 0. The van der Waals surface area contributed by atoms with Crippen molar-refractivity contribution in [3.05, 3.63) is 65.0 Å². The lowest BCUT2D eigenvalue weighted by atomic mass is 9.75. The van der Waals surface area contributed by atoms with E-state index in [4.69, 9.17) is 4.74 Å². The first-order chi connectivity index (χ1) is 18.9. The van der Waals surface area contributed by atoms with Crippen LogP contribution in [-0.2, 0) is 11.3 Å². The van der Waals surface area contributed by atoms with Crippen LogP contribution in [0.1, 0.15) is 78.9 Å². The van der Waals surface area contributed by atoms with Gasteiger partial charge in [-0.1, -0.05) is 44.0 Å². The molecular weight excluding hydrogens is 488 g/mol. The molecule has 3 saturated heterocycles. The first-order valence-electron chi connectivity index (χ1n) is 14.9. The molecule has 7 nitrogen and oxygen atoms in total. The van der Waals surface area contributed by atoms with Gasteiger partial charge in [-0.3, -0.25) is 14.7 Å². The fourth-order valence-corrected chi connectivity index (χ4v) is 7.00. The number of hydrogen-bond acceptors (Lipinski definition) is 5. The Morgan fingerprint density at radius 2 is 1.77 bits per heavy atom. The largest absolute Gasteiger partial charge is 0.442 e. The first-order valence-corrected chi connectivity index (χ1v) is 14.9. The molecular formula is C32H44N4O3. The molecule has 1 unspecified atom stereocenters. The van der Waals surface area contributed by atoms with Gasteiger partial charge in [0.2, 0.25) is 0 Å². The van der Waals surface area contributed by atoms with Crippen LogP contribution in [0, 0.1) is 19.8 Å². The molecule has 3 aliphatic rings. The first kappa shape index (κ1) is 27.6. The van der Waals surface area contributed by atoms with Crippen LogP contribution in [0.15, 0.2) is 42.7 Å². The highest BCUT2D eigenvalue weighted by Gasteiger charge is 2.50. The van der Waals surface area contributed by atoms with E-state index in [1.165, 1.54) is 0 Å². The molecule has 39 heavy (non-hydrogen) atoms. The summed E-state index contributed by atoms with van der Waals surface area (Å²) in [4.78, 5) is 37.2. The van der Waals surface area contributed by atoms with Gasteiger partial charge >= 0.3 is 6.09 Å². The monoisotopic (exact) mass is 532 g/mol. The third-order valence-corrected chi connectivity index (χ3v) is 9.34. The summed E-state index contributed by atoms with van der Waals surface area (Å²) in [6.45, 7) is 11.1. The maximum atomic E-state index is 13.3. The van der Waals surface area contributed by atoms with Crippen LogP contribution in [0.5, 0.6) is 0 Å². The normalized spacial score (nSPS) is 22.2. The van der Waals surface area contributed by atoms with E-state index in [1.807, 2.05) is 60.2 Å². The minimum Gasteiger partial charge on any atom is -0.442 e. The van der Waals surface area contributed by atoms with Gasteiger partial charge in [0.25, 0.3) is 5.91 Å². The minimum absolute atomic E-state index is 0.172.